The molecule has 1 radical (unpaired) electrons. The highest BCUT2D eigenvalue weighted by atomic mass is 35.5. The number of hydrogen-bond donors (Lipinski definition) is 0. The van der Waals surface area contributed by atoms with Crippen LogP contribution in [-0.2, 0) is 10.3 Å². The first-order chi connectivity index (χ1) is 11.4. The molecule has 3 amide bonds. The molecule has 2 aromatic carbocycles. The molecule has 0 saturated carbocycles. The van der Waals surface area contributed by atoms with Crippen LogP contribution in [0.1, 0.15) is 19.4 Å². The molecule has 6 heteroatoms. The minimum absolute atomic E-state index is 0.292. The summed E-state index contributed by atoms with van der Waals surface area (Å²) in [6.07, 6.45) is 0. The zero-order chi connectivity index (χ0) is 17.5. The number of imide groups is 1. The Morgan fingerprint density at radius 1 is 1.08 bits per heavy atom. The highest BCUT2D eigenvalue weighted by Crippen LogP contribution is 2.40. The Morgan fingerprint density at radius 2 is 1.75 bits per heavy atom. The van der Waals surface area contributed by atoms with Crippen LogP contribution >= 0.6 is 23.2 Å². The fourth-order valence-electron chi connectivity index (χ4n) is 3.03. The van der Waals surface area contributed by atoms with Crippen LogP contribution < -0.4 is 4.90 Å². The average Bonchev–Trinajstić information content (AvgIpc) is 2.78. The number of halogens is 2. The van der Waals surface area contributed by atoms with Gasteiger partial charge < -0.3 is 4.90 Å². The fourth-order valence-corrected chi connectivity index (χ4v) is 3.32. The molecular weight excluding hydrogens is 347 g/mol. The molecule has 0 bridgehead atoms. The lowest BCUT2D eigenvalue weighted by Crippen LogP contribution is -2.44. The number of nitrogens with zero attached hydrogens (tertiary/aromatic N) is 2. The SMILES string of the molecule is CCN1C(=O)N(c2ccc(Cl)c(Cl)c2)C(=O)C1(C)c1cc[c]cc1. The second-order valence-electron chi connectivity index (χ2n) is 5.63. The Bertz CT molecular complexity index is 810. The molecule has 0 spiro atoms. The first-order valence-electron chi connectivity index (χ1n) is 7.49. The summed E-state index contributed by atoms with van der Waals surface area (Å²) in [5.74, 6) is -0.320. The molecule has 0 N–H and O–H groups in total. The van der Waals surface area contributed by atoms with E-state index in [1.165, 1.54) is 6.07 Å². The zero-order valence-electron chi connectivity index (χ0n) is 13.2. The van der Waals surface area contributed by atoms with Crippen LogP contribution in [0.4, 0.5) is 10.5 Å². The lowest BCUT2D eigenvalue weighted by atomic mass is 9.90. The van der Waals surface area contributed by atoms with Gasteiger partial charge in [-0.15, -0.1) is 0 Å². The predicted molar refractivity (Wildman–Crippen MR) is 94.4 cm³/mol. The topological polar surface area (TPSA) is 40.6 Å². The molecule has 24 heavy (non-hydrogen) atoms. The third-order valence-electron chi connectivity index (χ3n) is 4.34. The van der Waals surface area contributed by atoms with E-state index < -0.39 is 5.54 Å². The van der Waals surface area contributed by atoms with Gasteiger partial charge in [-0.3, -0.25) is 4.79 Å². The van der Waals surface area contributed by atoms with Crippen LogP contribution in [0.2, 0.25) is 10.0 Å². The van der Waals surface area contributed by atoms with Gasteiger partial charge in [0.25, 0.3) is 5.91 Å². The van der Waals surface area contributed by atoms with Crippen molar-refractivity contribution in [2.24, 2.45) is 0 Å². The average molecular weight is 362 g/mol. The number of rotatable bonds is 3. The third-order valence-corrected chi connectivity index (χ3v) is 5.08. The quantitative estimate of drug-likeness (QED) is 0.755. The number of carbonyl (C=O) groups is 2. The standard InChI is InChI=1S/C18H15Cl2N2O2/c1-3-21-17(24)22(13-9-10-14(19)15(20)11-13)16(23)18(21,2)12-7-5-4-6-8-12/h5-11H,3H2,1-2H3. The molecule has 1 unspecified atom stereocenters. The van der Waals surface area contributed by atoms with Crippen molar-refractivity contribution in [1.82, 2.24) is 4.90 Å². The Kier molecular flexibility index (Phi) is 4.28. The number of hydrogen-bond acceptors (Lipinski definition) is 2. The van der Waals surface area contributed by atoms with E-state index in [-0.39, 0.29) is 11.9 Å². The van der Waals surface area contributed by atoms with Crippen molar-refractivity contribution in [3.05, 3.63) is 64.1 Å². The van der Waals surface area contributed by atoms with Crippen molar-refractivity contribution < 1.29 is 9.59 Å². The Hall–Kier alpha value is -2.04. The molecule has 1 aliphatic rings. The van der Waals surface area contributed by atoms with Crippen LogP contribution in [0.5, 0.6) is 0 Å². The molecule has 0 aliphatic carbocycles. The molecule has 2 aromatic rings. The predicted octanol–water partition coefficient (Wildman–Crippen LogP) is 4.50. The summed E-state index contributed by atoms with van der Waals surface area (Å²) in [5.41, 5.74) is 0.0700. The maximum Gasteiger partial charge on any atom is 0.332 e. The first kappa shape index (κ1) is 16.8. The van der Waals surface area contributed by atoms with E-state index >= 15 is 0 Å². The van der Waals surface area contributed by atoms with Crippen molar-refractivity contribution >= 4 is 40.8 Å². The van der Waals surface area contributed by atoms with E-state index in [4.69, 9.17) is 23.2 Å². The molecule has 123 valence electrons. The van der Waals surface area contributed by atoms with Crippen LogP contribution in [0.3, 0.4) is 0 Å². The van der Waals surface area contributed by atoms with Crippen molar-refractivity contribution in [2.75, 3.05) is 11.4 Å². The summed E-state index contributed by atoms with van der Waals surface area (Å²) in [6, 6.07) is 14.3. The summed E-state index contributed by atoms with van der Waals surface area (Å²) in [7, 11) is 0. The van der Waals surface area contributed by atoms with Crippen LogP contribution in [-0.4, -0.2) is 23.4 Å². The fraction of sp³-hybridized carbons (Fsp3) is 0.222. The number of anilines is 1. The first-order valence-corrected chi connectivity index (χ1v) is 8.24. The van der Waals surface area contributed by atoms with E-state index in [2.05, 4.69) is 6.07 Å². The highest BCUT2D eigenvalue weighted by molar-refractivity contribution is 6.42. The molecular formula is C18H15Cl2N2O2. The summed E-state index contributed by atoms with van der Waals surface area (Å²) < 4.78 is 0. The van der Waals surface area contributed by atoms with Crippen LogP contribution in [0, 0.1) is 6.07 Å². The van der Waals surface area contributed by atoms with Crippen molar-refractivity contribution in [2.45, 2.75) is 19.4 Å². The Balaban J connectivity index is 2.12. The summed E-state index contributed by atoms with van der Waals surface area (Å²) in [5, 5.41) is 0.661. The largest absolute Gasteiger partial charge is 0.332 e. The van der Waals surface area contributed by atoms with Gasteiger partial charge in [-0.05, 0) is 43.7 Å². The molecule has 4 nitrogen and oxygen atoms in total. The number of amides is 3. The van der Waals surface area contributed by atoms with Crippen molar-refractivity contribution in [3.63, 3.8) is 0 Å². The third kappa shape index (κ3) is 2.38. The van der Waals surface area contributed by atoms with E-state index in [0.717, 1.165) is 10.5 Å². The molecule has 1 saturated heterocycles. The number of carbonyl (C=O) groups excluding carboxylic acids is 2. The minimum Gasteiger partial charge on any atom is -0.306 e. The molecule has 3 rings (SSSR count). The van der Waals surface area contributed by atoms with E-state index in [1.807, 2.05) is 6.92 Å². The lowest BCUT2D eigenvalue weighted by Gasteiger charge is -2.31. The van der Waals surface area contributed by atoms with Crippen LogP contribution in [0.25, 0.3) is 0 Å². The van der Waals surface area contributed by atoms with Gasteiger partial charge in [-0.1, -0.05) is 47.5 Å². The normalized spacial score (nSPS) is 20.8. The number of likely N-dealkylation sites (N-methyl/N-ethyl adjacent to an activating group) is 1. The van der Waals surface area contributed by atoms with Gasteiger partial charge in [0.2, 0.25) is 0 Å². The second-order valence-corrected chi connectivity index (χ2v) is 6.44. The van der Waals surface area contributed by atoms with Crippen molar-refractivity contribution in [1.29, 1.82) is 0 Å². The Morgan fingerprint density at radius 3 is 2.33 bits per heavy atom. The maximum atomic E-state index is 13.2. The molecule has 1 atom stereocenters. The molecule has 1 aliphatic heterocycles. The van der Waals surface area contributed by atoms with Gasteiger partial charge in [-0.2, -0.15) is 0 Å². The molecule has 1 heterocycles. The minimum atomic E-state index is -1.08. The summed E-state index contributed by atoms with van der Waals surface area (Å²) >= 11 is 12.0. The monoisotopic (exact) mass is 361 g/mol. The van der Waals surface area contributed by atoms with E-state index in [0.29, 0.717) is 22.3 Å². The maximum absolute atomic E-state index is 13.2. The van der Waals surface area contributed by atoms with E-state index in [1.54, 1.807) is 48.2 Å². The van der Waals surface area contributed by atoms with Gasteiger partial charge in [0.1, 0.15) is 5.54 Å². The number of benzene rings is 2. The van der Waals surface area contributed by atoms with Crippen LogP contribution in [0.15, 0.2) is 42.5 Å². The van der Waals surface area contributed by atoms with Crippen molar-refractivity contribution in [3.8, 4) is 0 Å². The van der Waals surface area contributed by atoms with E-state index in [9.17, 15) is 9.59 Å². The van der Waals surface area contributed by atoms with Gasteiger partial charge >= 0.3 is 6.03 Å². The summed E-state index contributed by atoms with van der Waals surface area (Å²) in [6.45, 7) is 4.00. The van der Waals surface area contributed by atoms with Gasteiger partial charge in [0.15, 0.2) is 0 Å². The number of urea groups is 1. The van der Waals surface area contributed by atoms with Gasteiger partial charge in [0, 0.05) is 6.54 Å². The molecule has 0 aromatic heterocycles. The van der Waals surface area contributed by atoms with Gasteiger partial charge in [0.05, 0.1) is 15.7 Å². The molecule has 1 fully saturated rings. The second kappa shape index (κ2) is 6.11. The highest BCUT2D eigenvalue weighted by Gasteiger charge is 2.55. The van der Waals surface area contributed by atoms with Gasteiger partial charge in [-0.25, -0.2) is 9.69 Å². The lowest BCUT2D eigenvalue weighted by molar-refractivity contribution is -0.124. The zero-order valence-corrected chi connectivity index (χ0v) is 14.7. The summed E-state index contributed by atoms with van der Waals surface area (Å²) in [4.78, 5) is 28.8. The smallest absolute Gasteiger partial charge is 0.306 e. The Labute approximate surface area is 150 Å².